The molecule has 98 valence electrons. The number of fused-ring (bicyclic) bond motifs is 1. The van der Waals surface area contributed by atoms with E-state index >= 15 is 0 Å². The van der Waals surface area contributed by atoms with E-state index in [0.717, 1.165) is 19.6 Å². The molecule has 2 aliphatic heterocycles. The summed E-state index contributed by atoms with van der Waals surface area (Å²) in [5.74, 6) is 0.539. The Morgan fingerprint density at radius 1 is 1.22 bits per heavy atom. The first kappa shape index (κ1) is 12.0. The predicted octanol–water partition coefficient (Wildman–Crippen LogP) is 1.43. The summed E-state index contributed by atoms with van der Waals surface area (Å²) in [5, 5.41) is 0. The third kappa shape index (κ3) is 2.02. The van der Waals surface area contributed by atoms with E-state index in [9.17, 15) is 0 Å². The molecule has 1 aromatic carbocycles. The normalized spacial score (nSPS) is 28.5. The molecule has 0 aliphatic carbocycles. The molecule has 3 rings (SSSR count). The number of hydrogen-bond donors (Lipinski definition) is 1. The second-order valence-corrected chi connectivity index (χ2v) is 5.88. The lowest BCUT2D eigenvalue weighted by molar-refractivity contribution is 0.228. The molecular weight excluding hydrogens is 222 g/mol. The minimum atomic E-state index is 0.279. The molecule has 2 heterocycles. The van der Waals surface area contributed by atoms with Crippen LogP contribution in [-0.2, 0) is 6.42 Å². The lowest BCUT2D eigenvalue weighted by Gasteiger charge is -2.35. The molecule has 0 amide bonds. The van der Waals surface area contributed by atoms with Gasteiger partial charge in [-0.1, -0.05) is 12.1 Å². The molecule has 2 N–H and O–H groups in total. The Labute approximate surface area is 110 Å². The van der Waals surface area contributed by atoms with Crippen LogP contribution in [0, 0.1) is 0 Å². The maximum absolute atomic E-state index is 6.32. The number of hydrogen-bond acceptors (Lipinski definition) is 3. The number of likely N-dealkylation sites (N-methyl/N-ethyl adjacent to an activating group) is 2. The fourth-order valence-corrected chi connectivity index (χ4v) is 3.38. The van der Waals surface area contributed by atoms with Crippen LogP contribution in [-0.4, -0.2) is 44.7 Å². The molecule has 18 heavy (non-hydrogen) atoms. The largest absolute Gasteiger partial charge is 0.374 e. The van der Waals surface area contributed by atoms with Crippen molar-refractivity contribution in [2.75, 3.05) is 38.6 Å². The van der Waals surface area contributed by atoms with Crippen molar-refractivity contribution in [3.8, 4) is 0 Å². The quantitative estimate of drug-likeness (QED) is 0.812. The monoisotopic (exact) mass is 245 g/mol. The van der Waals surface area contributed by atoms with E-state index < -0.39 is 0 Å². The van der Waals surface area contributed by atoms with E-state index in [0.29, 0.717) is 5.92 Å². The summed E-state index contributed by atoms with van der Waals surface area (Å²) in [7, 11) is 4.33. The van der Waals surface area contributed by atoms with E-state index in [-0.39, 0.29) is 6.04 Å². The maximum Gasteiger partial charge on any atom is 0.0397 e. The van der Waals surface area contributed by atoms with Gasteiger partial charge in [-0.2, -0.15) is 0 Å². The fraction of sp³-hybridized carbons (Fsp3) is 0.600. The molecule has 1 saturated heterocycles. The van der Waals surface area contributed by atoms with Crippen molar-refractivity contribution in [3.63, 3.8) is 0 Å². The number of benzene rings is 1. The van der Waals surface area contributed by atoms with Gasteiger partial charge in [0, 0.05) is 37.8 Å². The number of piperidine rings is 1. The smallest absolute Gasteiger partial charge is 0.0397 e. The molecule has 3 heteroatoms. The summed E-state index contributed by atoms with van der Waals surface area (Å²) >= 11 is 0. The first-order valence-corrected chi connectivity index (χ1v) is 6.93. The maximum atomic E-state index is 6.32. The van der Waals surface area contributed by atoms with E-state index in [1.54, 1.807) is 0 Å². The van der Waals surface area contributed by atoms with Gasteiger partial charge in [-0.3, -0.25) is 0 Å². The van der Waals surface area contributed by atoms with Crippen molar-refractivity contribution in [1.29, 1.82) is 0 Å². The molecule has 2 unspecified atom stereocenters. The lowest BCUT2D eigenvalue weighted by atomic mass is 9.85. The van der Waals surface area contributed by atoms with Crippen LogP contribution in [0.25, 0.3) is 0 Å². The van der Waals surface area contributed by atoms with Crippen LogP contribution in [0.1, 0.15) is 23.5 Å². The molecule has 0 bridgehead atoms. The summed E-state index contributed by atoms with van der Waals surface area (Å²) in [6.45, 7) is 3.33. The van der Waals surface area contributed by atoms with Gasteiger partial charge in [0.15, 0.2) is 0 Å². The second-order valence-electron chi connectivity index (χ2n) is 5.88. The standard InChI is InChI=1S/C15H23N3/c1-17-7-6-13(14(16)10-17)11-3-4-15-12(9-11)5-8-18(15)2/h3-4,9,13-14H,5-8,10,16H2,1-2H3. The van der Waals surface area contributed by atoms with E-state index in [1.807, 2.05) is 0 Å². The third-order valence-electron chi connectivity index (χ3n) is 4.52. The molecule has 2 atom stereocenters. The summed E-state index contributed by atoms with van der Waals surface area (Å²) in [4.78, 5) is 4.68. The molecule has 0 saturated carbocycles. The van der Waals surface area contributed by atoms with E-state index in [1.165, 1.54) is 29.7 Å². The molecule has 0 spiro atoms. The third-order valence-corrected chi connectivity index (χ3v) is 4.52. The summed E-state index contributed by atoms with van der Waals surface area (Å²) < 4.78 is 0. The molecule has 1 fully saturated rings. The van der Waals surface area contributed by atoms with Crippen LogP contribution < -0.4 is 10.6 Å². The highest BCUT2D eigenvalue weighted by Crippen LogP contribution is 2.33. The Bertz CT molecular complexity index is 443. The molecule has 2 aliphatic rings. The number of nitrogens with zero attached hydrogens (tertiary/aromatic N) is 2. The molecule has 0 aromatic heterocycles. The first-order chi connectivity index (χ1) is 8.65. The summed E-state index contributed by atoms with van der Waals surface area (Å²) in [6, 6.07) is 7.24. The van der Waals surface area contributed by atoms with Gasteiger partial charge in [0.1, 0.15) is 0 Å². The van der Waals surface area contributed by atoms with Gasteiger partial charge in [0.2, 0.25) is 0 Å². The number of rotatable bonds is 1. The van der Waals surface area contributed by atoms with Crippen LogP contribution in [0.15, 0.2) is 18.2 Å². The van der Waals surface area contributed by atoms with E-state index in [4.69, 9.17) is 5.73 Å². The van der Waals surface area contributed by atoms with Crippen molar-refractivity contribution in [2.45, 2.75) is 24.8 Å². The van der Waals surface area contributed by atoms with Gasteiger partial charge in [-0.05, 0) is 43.6 Å². The van der Waals surface area contributed by atoms with Gasteiger partial charge in [-0.25, -0.2) is 0 Å². The van der Waals surface area contributed by atoms with Gasteiger partial charge < -0.3 is 15.5 Å². The Morgan fingerprint density at radius 2 is 2.06 bits per heavy atom. The minimum Gasteiger partial charge on any atom is -0.374 e. The zero-order valence-electron chi connectivity index (χ0n) is 11.4. The molecule has 1 aromatic rings. The lowest BCUT2D eigenvalue weighted by Crippen LogP contribution is -2.45. The predicted molar refractivity (Wildman–Crippen MR) is 76.2 cm³/mol. The van der Waals surface area contributed by atoms with Gasteiger partial charge in [0.05, 0.1) is 0 Å². The first-order valence-electron chi connectivity index (χ1n) is 6.93. The molecule has 3 nitrogen and oxygen atoms in total. The van der Waals surface area contributed by atoms with Gasteiger partial charge in [0.25, 0.3) is 0 Å². The number of anilines is 1. The molecule has 0 radical (unpaired) electrons. The Balaban J connectivity index is 1.85. The SMILES string of the molecule is CN1CCC(c2ccc3c(c2)CCN3C)C(N)C1. The minimum absolute atomic E-state index is 0.279. The van der Waals surface area contributed by atoms with Crippen LogP contribution in [0.2, 0.25) is 0 Å². The number of likely N-dealkylation sites (tertiary alicyclic amines) is 1. The molecular formula is C15H23N3. The Morgan fingerprint density at radius 3 is 2.83 bits per heavy atom. The van der Waals surface area contributed by atoms with Gasteiger partial charge in [-0.15, -0.1) is 0 Å². The second kappa shape index (κ2) is 4.56. The number of nitrogens with two attached hydrogens (primary N) is 1. The van der Waals surface area contributed by atoms with Crippen molar-refractivity contribution in [3.05, 3.63) is 29.3 Å². The average molecular weight is 245 g/mol. The average Bonchev–Trinajstić information content (AvgIpc) is 2.71. The summed E-state index contributed by atoms with van der Waals surface area (Å²) in [6.07, 6.45) is 2.37. The van der Waals surface area contributed by atoms with Crippen molar-refractivity contribution >= 4 is 5.69 Å². The van der Waals surface area contributed by atoms with Crippen molar-refractivity contribution in [1.82, 2.24) is 4.90 Å². The zero-order valence-corrected chi connectivity index (χ0v) is 11.4. The van der Waals surface area contributed by atoms with Crippen molar-refractivity contribution in [2.24, 2.45) is 5.73 Å². The summed E-state index contributed by atoms with van der Waals surface area (Å²) in [5.41, 5.74) is 10.7. The Hall–Kier alpha value is -1.06. The highest BCUT2D eigenvalue weighted by Gasteiger charge is 2.27. The highest BCUT2D eigenvalue weighted by molar-refractivity contribution is 5.58. The van der Waals surface area contributed by atoms with Gasteiger partial charge >= 0.3 is 0 Å². The fourth-order valence-electron chi connectivity index (χ4n) is 3.38. The zero-order chi connectivity index (χ0) is 12.7. The van der Waals surface area contributed by atoms with Crippen LogP contribution >= 0.6 is 0 Å². The highest BCUT2D eigenvalue weighted by atomic mass is 15.1. The topological polar surface area (TPSA) is 32.5 Å². The van der Waals surface area contributed by atoms with Crippen molar-refractivity contribution < 1.29 is 0 Å². The van der Waals surface area contributed by atoms with E-state index in [2.05, 4.69) is 42.1 Å². The van der Waals surface area contributed by atoms with Crippen LogP contribution in [0.3, 0.4) is 0 Å². The van der Waals surface area contributed by atoms with Crippen LogP contribution in [0.4, 0.5) is 5.69 Å². The van der Waals surface area contributed by atoms with Crippen LogP contribution in [0.5, 0.6) is 0 Å². The Kier molecular flexibility index (Phi) is 3.04.